The molecule has 0 bridgehead atoms. The number of nitrogens with zero attached hydrogens (tertiary/aromatic N) is 2. The van der Waals surface area contributed by atoms with Crippen molar-refractivity contribution in [3.05, 3.63) is 83.4 Å². The van der Waals surface area contributed by atoms with E-state index in [0.717, 1.165) is 48.0 Å². The van der Waals surface area contributed by atoms with Crippen molar-refractivity contribution in [2.75, 3.05) is 0 Å². The van der Waals surface area contributed by atoms with Crippen LogP contribution in [0.1, 0.15) is 116 Å². The molecule has 249 valence electrons. The number of allylic oxidation sites excluding steroid dienone is 2. The van der Waals surface area contributed by atoms with E-state index in [-0.39, 0.29) is 43.5 Å². The van der Waals surface area contributed by atoms with Gasteiger partial charge in [-0.2, -0.15) is 0 Å². The molecule has 0 spiro atoms. The fourth-order valence-corrected chi connectivity index (χ4v) is 6.82. The molecule has 1 radical (unpaired) electrons. The molecule has 5 rings (SSSR count). The average Bonchev–Trinajstić information content (AvgIpc) is 3.01. The maximum Gasteiger partial charge on any atom is 0.162 e. The normalized spacial score (nSPS) is 15.1. The minimum atomic E-state index is 0. The van der Waals surface area contributed by atoms with Gasteiger partial charge in [-0.05, 0) is 91.4 Å². The predicted octanol–water partition coefficient (Wildman–Crippen LogP) is 11.4. The molecule has 4 aromatic rings. The Hall–Kier alpha value is -2.88. The van der Waals surface area contributed by atoms with Crippen LogP contribution in [0.2, 0.25) is 0 Å². The fourth-order valence-electron chi connectivity index (χ4n) is 6.82. The summed E-state index contributed by atoms with van der Waals surface area (Å²) in [5.74, 6) is 1.14. The van der Waals surface area contributed by atoms with Crippen molar-refractivity contribution in [3.8, 4) is 11.3 Å². The summed E-state index contributed by atoms with van der Waals surface area (Å²) in [5.41, 5.74) is 7.28. The first-order chi connectivity index (χ1) is 21.5. The number of aromatic nitrogens is 2. The zero-order valence-electron chi connectivity index (χ0n) is 29.2. The second-order valence-corrected chi connectivity index (χ2v) is 13.8. The summed E-state index contributed by atoms with van der Waals surface area (Å²) in [5, 5.41) is 13.4. The SMILES string of the molecule is CCC(CC)C(=O)/C=C(\O)C(CC)CC.Cc1[c-]c(-c2nccc3c2ccc2nc(C4CCC(C)(C)CC4)ccc23)cc(C)c1.[Ir]. The number of ketones is 1. The van der Waals surface area contributed by atoms with E-state index in [0.29, 0.717) is 11.3 Å². The van der Waals surface area contributed by atoms with Crippen molar-refractivity contribution < 1.29 is 30.0 Å². The third-order valence-corrected chi connectivity index (χ3v) is 9.88. The molecule has 1 aliphatic carbocycles. The molecular formula is C41H53IrN2O2-. The average molecular weight is 798 g/mol. The Balaban J connectivity index is 0.000000309. The fraction of sp³-hybridized carbons (Fsp3) is 0.488. The molecule has 1 N–H and O–H groups in total. The van der Waals surface area contributed by atoms with Crippen LogP contribution in [0, 0.1) is 37.2 Å². The molecule has 0 saturated heterocycles. The van der Waals surface area contributed by atoms with E-state index in [2.05, 4.69) is 76.2 Å². The Labute approximate surface area is 290 Å². The number of carbonyl (C=O) groups is 1. The molecule has 4 nitrogen and oxygen atoms in total. The van der Waals surface area contributed by atoms with Crippen LogP contribution in [0.5, 0.6) is 0 Å². The van der Waals surface area contributed by atoms with Crippen LogP contribution < -0.4 is 0 Å². The maximum atomic E-state index is 11.7. The maximum absolute atomic E-state index is 11.7. The van der Waals surface area contributed by atoms with Crippen LogP contribution in [0.4, 0.5) is 0 Å². The second kappa shape index (κ2) is 16.8. The van der Waals surface area contributed by atoms with Gasteiger partial charge in [-0.1, -0.05) is 67.5 Å². The quantitative estimate of drug-likeness (QED) is 0.0793. The molecule has 2 heterocycles. The molecule has 2 aromatic carbocycles. The zero-order valence-corrected chi connectivity index (χ0v) is 31.6. The van der Waals surface area contributed by atoms with Gasteiger partial charge in [-0.15, -0.1) is 34.9 Å². The molecule has 1 saturated carbocycles. The number of carbonyl (C=O) groups excluding carboxylic acids is 1. The largest absolute Gasteiger partial charge is 0.512 e. The van der Waals surface area contributed by atoms with Crippen LogP contribution in [0.3, 0.4) is 0 Å². The van der Waals surface area contributed by atoms with Gasteiger partial charge in [0.25, 0.3) is 0 Å². The first-order valence-corrected chi connectivity index (χ1v) is 17.1. The summed E-state index contributed by atoms with van der Waals surface area (Å²) in [4.78, 5) is 21.5. The second-order valence-electron chi connectivity index (χ2n) is 13.8. The standard InChI is InChI=1S/C28H29N2.C13H24O2.Ir/c1-18-15-19(2)17-21(16-18)27-24-6-8-26-23(22(24)11-14-29-27)5-7-25(30-26)20-9-12-28(3,4)13-10-20;1-5-10(6-2)12(14)9-13(15)11(7-3)8-4;/h5-8,11,14-16,20H,9-10,12-13H2,1-4H3;9-11,14H,5-8H2,1-4H3;/q-1;;/b;12-9-;. The number of aliphatic hydroxyl groups excluding tert-OH is 1. The Bertz CT molecular complexity index is 1620. The van der Waals surface area contributed by atoms with Crippen molar-refractivity contribution in [2.45, 2.75) is 113 Å². The minimum Gasteiger partial charge on any atom is -0.512 e. The first-order valence-electron chi connectivity index (χ1n) is 17.1. The Morgan fingerprint density at radius 3 is 2.15 bits per heavy atom. The van der Waals surface area contributed by atoms with Gasteiger partial charge >= 0.3 is 0 Å². The molecule has 0 atom stereocenters. The van der Waals surface area contributed by atoms with Gasteiger partial charge in [0.2, 0.25) is 0 Å². The van der Waals surface area contributed by atoms with E-state index in [1.807, 2.05) is 33.9 Å². The van der Waals surface area contributed by atoms with Crippen molar-refractivity contribution in [3.63, 3.8) is 0 Å². The zero-order chi connectivity index (χ0) is 32.7. The van der Waals surface area contributed by atoms with Gasteiger partial charge in [0.1, 0.15) is 0 Å². The van der Waals surface area contributed by atoms with E-state index in [4.69, 9.17) is 9.97 Å². The predicted molar refractivity (Wildman–Crippen MR) is 190 cm³/mol. The topological polar surface area (TPSA) is 63.1 Å². The number of rotatable bonds is 9. The summed E-state index contributed by atoms with van der Waals surface area (Å²) in [6.45, 7) is 17.1. The molecular weight excluding hydrogens is 745 g/mol. The Kier molecular flexibility index (Phi) is 13.7. The molecule has 0 aliphatic heterocycles. The molecule has 0 unspecified atom stereocenters. The van der Waals surface area contributed by atoms with Gasteiger partial charge in [0, 0.05) is 61.2 Å². The number of hydrogen-bond donors (Lipinski definition) is 1. The number of hydrogen-bond acceptors (Lipinski definition) is 4. The van der Waals surface area contributed by atoms with Gasteiger partial charge in [0.05, 0.1) is 11.3 Å². The summed E-state index contributed by atoms with van der Waals surface area (Å²) in [6, 6.07) is 18.8. The van der Waals surface area contributed by atoms with Crippen molar-refractivity contribution in [2.24, 2.45) is 17.3 Å². The van der Waals surface area contributed by atoms with Crippen LogP contribution in [-0.4, -0.2) is 20.9 Å². The molecule has 5 heteroatoms. The van der Waals surface area contributed by atoms with Gasteiger partial charge in [-0.3, -0.25) is 9.78 Å². The number of aliphatic hydroxyl groups is 1. The number of pyridine rings is 2. The van der Waals surface area contributed by atoms with Gasteiger partial charge < -0.3 is 10.1 Å². The van der Waals surface area contributed by atoms with Crippen LogP contribution >= 0.6 is 0 Å². The summed E-state index contributed by atoms with van der Waals surface area (Å²) in [6.07, 6.45) is 11.9. The van der Waals surface area contributed by atoms with E-state index in [9.17, 15) is 9.90 Å². The van der Waals surface area contributed by atoms with E-state index in [1.165, 1.54) is 59.2 Å². The Morgan fingerprint density at radius 2 is 1.54 bits per heavy atom. The smallest absolute Gasteiger partial charge is 0.162 e. The number of aryl methyl sites for hydroxylation is 2. The number of fused-ring (bicyclic) bond motifs is 3. The molecule has 46 heavy (non-hydrogen) atoms. The van der Waals surface area contributed by atoms with Crippen LogP contribution in [-0.2, 0) is 24.9 Å². The van der Waals surface area contributed by atoms with Crippen molar-refractivity contribution in [1.82, 2.24) is 9.97 Å². The molecule has 0 amide bonds. The summed E-state index contributed by atoms with van der Waals surface area (Å²) in [7, 11) is 0. The summed E-state index contributed by atoms with van der Waals surface area (Å²) >= 11 is 0. The first kappa shape index (κ1) is 37.6. The molecule has 1 fully saturated rings. The van der Waals surface area contributed by atoms with E-state index < -0.39 is 0 Å². The third kappa shape index (κ3) is 9.13. The minimum absolute atomic E-state index is 0. The van der Waals surface area contributed by atoms with Gasteiger partial charge in [0.15, 0.2) is 5.78 Å². The third-order valence-electron chi connectivity index (χ3n) is 9.88. The van der Waals surface area contributed by atoms with Crippen molar-refractivity contribution in [1.29, 1.82) is 0 Å². The van der Waals surface area contributed by atoms with Crippen LogP contribution in [0.15, 0.2) is 60.5 Å². The van der Waals surface area contributed by atoms with Gasteiger partial charge in [-0.25, -0.2) is 0 Å². The van der Waals surface area contributed by atoms with Crippen molar-refractivity contribution >= 4 is 27.5 Å². The van der Waals surface area contributed by atoms with E-state index in [1.54, 1.807) is 0 Å². The number of benzene rings is 2. The Morgan fingerprint density at radius 1 is 0.913 bits per heavy atom. The summed E-state index contributed by atoms with van der Waals surface area (Å²) < 4.78 is 0. The van der Waals surface area contributed by atoms with Crippen LogP contribution in [0.25, 0.3) is 32.9 Å². The monoisotopic (exact) mass is 798 g/mol. The molecule has 2 aromatic heterocycles. The molecule has 1 aliphatic rings. The van der Waals surface area contributed by atoms with E-state index >= 15 is 0 Å².